The molecule has 1 N–H and O–H groups in total. The van der Waals surface area contributed by atoms with Gasteiger partial charge in [0.25, 0.3) is 0 Å². The first-order valence-corrected chi connectivity index (χ1v) is 6.96. The summed E-state index contributed by atoms with van der Waals surface area (Å²) in [7, 11) is 0. The third kappa shape index (κ3) is 2.59. The van der Waals surface area contributed by atoms with Gasteiger partial charge in [0.2, 0.25) is 0 Å². The second-order valence-corrected chi connectivity index (χ2v) is 5.41. The molecule has 1 aliphatic rings. The number of hydrogen-bond donors (Lipinski definition) is 1. The zero-order chi connectivity index (χ0) is 13.2. The fourth-order valence-corrected chi connectivity index (χ4v) is 2.62. The van der Waals surface area contributed by atoms with Crippen molar-refractivity contribution in [2.45, 2.75) is 12.5 Å². The van der Waals surface area contributed by atoms with E-state index in [-0.39, 0.29) is 11.9 Å². The van der Waals surface area contributed by atoms with E-state index in [0.717, 1.165) is 22.2 Å². The molecule has 0 saturated heterocycles. The maximum absolute atomic E-state index is 13.9. The van der Waals surface area contributed by atoms with Crippen LogP contribution in [0.3, 0.4) is 0 Å². The van der Waals surface area contributed by atoms with Crippen LogP contribution in [0.2, 0.25) is 0 Å². The zero-order valence-corrected chi connectivity index (χ0v) is 11.8. The third-order valence-corrected chi connectivity index (χ3v) is 3.71. The van der Waals surface area contributed by atoms with Crippen LogP contribution in [0.5, 0.6) is 5.75 Å². The molecule has 3 rings (SSSR count). The number of ether oxygens (including phenoxy) is 1. The van der Waals surface area contributed by atoms with Gasteiger partial charge in [-0.1, -0.05) is 34.1 Å². The summed E-state index contributed by atoms with van der Waals surface area (Å²) in [6.45, 7) is 0.646. The number of para-hydroxylation sites is 1. The highest BCUT2D eigenvalue weighted by Gasteiger charge is 2.21. The normalized spacial score (nSPS) is 17.5. The van der Waals surface area contributed by atoms with E-state index in [9.17, 15) is 4.39 Å². The van der Waals surface area contributed by atoms with Gasteiger partial charge in [0.05, 0.1) is 18.3 Å². The highest BCUT2D eigenvalue weighted by molar-refractivity contribution is 9.10. The van der Waals surface area contributed by atoms with Crippen LogP contribution in [-0.2, 0) is 0 Å². The summed E-state index contributed by atoms with van der Waals surface area (Å²) in [5, 5.41) is 3.26. The maximum atomic E-state index is 13.9. The predicted molar refractivity (Wildman–Crippen MR) is 77.0 cm³/mol. The second-order valence-electron chi connectivity index (χ2n) is 4.50. The van der Waals surface area contributed by atoms with Gasteiger partial charge in [0, 0.05) is 16.5 Å². The van der Waals surface area contributed by atoms with E-state index in [4.69, 9.17) is 4.74 Å². The first kappa shape index (κ1) is 12.5. The van der Waals surface area contributed by atoms with Gasteiger partial charge in [-0.3, -0.25) is 0 Å². The summed E-state index contributed by atoms with van der Waals surface area (Å²) in [6.07, 6.45) is 0.826. The molecule has 1 unspecified atom stereocenters. The minimum Gasteiger partial charge on any atom is -0.493 e. The first-order chi connectivity index (χ1) is 9.24. The number of rotatable bonds is 2. The summed E-state index contributed by atoms with van der Waals surface area (Å²) < 4.78 is 20.2. The van der Waals surface area contributed by atoms with Crippen LogP contribution in [0.1, 0.15) is 18.0 Å². The van der Waals surface area contributed by atoms with Gasteiger partial charge in [0.15, 0.2) is 0 Å². The highest BCUT2D eigenvalue weighted by Crippen LogP contribution is 2.34. The zero-order valence-electron chi connectivity index (χ0n) is 10.2. The fourth-order valence-electron chi connectivity index (χ4n) is 2.29. The molecule has 0 spiro atoms. The van der Waals surface area contributed by atoms with Gasteiger partial charge in [-0.05, 0) is 24.3 Å². The molecule has 2 aromatic carbocycles. The molecule has 0 aliphatic carbocycles. The van der Waals surface area contributed by atoms with Gasteiger partial charge in [-0.25, -0.2) is 4.39 Å². The molecule has 0 aromatic heterocycles. The van der Waals surface area contributed by atoms with Gasteiger partial charge in [-0.2, -0.15) is 0 Å². The Kier molecular flexibility index (Phi) is 3.42. The number of fused-ring (bicyclic) bond motifs is 1. The summed E-state index contributed by atoms with van der Waals surface area (Å²) in [5.41, 5.74) is 1.60. The lowest BCUT2D eigenvalue weighted by atomic mass is 10.0. The van der Waals surface area contributed by atoms with Gasteiger partial charge in [-0.15, -0.1) is 0 Å². The molecule has 1 aliphatic heterocycles. The van der Waals surface area contributed by atoms with Crippen LogP contribution in [-0.4, -0.2) is 6.61 Å². The van der Waals surface area contributed by atoms with Crippen LogP contribution in [0, 0.1) is 5.82 Å². The largest absolute Gasteiger partial charge is 0.493 e. The molecular weight excluding hydrogens is 309 g/mol. The van der Waals surface area contributed by atoms with Crippen molar-refractivity contribution in [2.75, 3.05) is 11.9 Å². The van der Waals surface area contributed by atoms with Crippen molar-refractivity contribution in [3.8, 4) is 5.75 Å². The Morgan fingerprint density at radius 1 is 1.21 bits per heavy atom. The Labute approximate surface area is 119 Å². The molecule has 19 heavy (non-hydrogen) atoms. The van der Waals surface area contributed by atoms with E-state index in [1.54, 1.807) is 6.07 Å². The second kappa shape index (κ2) is 5.21. The molecule has 0 fully saturated rings. The average Bonchev–Trinajstić information content (AvgIpc) is 2.42. The molecule has 2 nitrogen and oxygen atoms in total. The third-order valence-electron chi connectivity index (χ3n) is 3.22. The Balaban J connectivity index is 1.88. The Bertz CT molecular complexity index is 602. The molecule has 0 bridgehead atoms. The lowest BCUT2D eigenvalue weighted by molar-refractivity contribution is 0.274. The average molecular weight is 322 g/mol. The fraction of sp³-hybridized carbons (Fsp3) is 0.200. The molecule has 0 saturated carbocycles. The number of hydrogen-bond acceptors (Lipinski definition) is 2. The van der Waals surface area contributed by atoms with Crippen LogP contribution in [0.25, 0.3) is 0 Å². The van der Waals surface area contributed by atoms with E-state index >= 15 is 0 Å². The number of benzene rings is 2. The summed E-state index contributed by atoms with van der Waals surface area (Å²) in [4.78, 5) is 0. The minimum atomic E-state index is -0.252. The molecule has 4 heteroatoms. The standard InChI is InChI=1S/C15H13BrFNO/c16-10-5-6-14(12(17)9-10)18-13-7-8-19-15-4-2-1-3-11(13)15/h1-6,9,13,18H,7-8H2. The lowest BCUT2D eigenvalue weighted by Crippen LogP contribution is -2.20. The SMILES string of the molecule is Fc1cc(Br)ccc1NC1CCOc2ccccc21. The summed E-state index contributed by atoms with van der Waals surface area (Å²) >= 11 is 3.26. The molecule has 1 heterocycles. The molecule has 0 amide bonds. The Morgan fingerprint density at radius 2 is 2.05 bits per heavy atom. The van der Waals surface area contributed by atoms with Crippen molar-refractivity contribution in [3.05, 3.63) is 58.3 Å². The van der Waals surface area contributed by atoms with Crippen molar-refractivity contribution >= 4 is 21.6 Å². The van der Waals surface area contributed by atoms with Crippen molar-refractivity contribution in [1.82, 2.24) is 0 Å². The molecule has 2 aromatic rings. The summed E-state index contributed by atoms with van der Waals surface area (Å²) in [5.74, 6) is 0.627. The lowest BCUT2D eigenvalue weighted by Gasteiger charge is -2.27. The molecule has 98 valence electrons. The van der Waals surface area contributed by atoms with Crippen molar-refractivity contribution in [2.24, 2.45) is 0 Å². The van der Waals surface area contributed by atoms with E-state index in [1.807, 2.05) is 30.3 Å². The summed E-state index contributed by atoms with van der Waals surface area (Å²) in [6, 6.07) is 13.0. The van der Waals surface area contributed by atoms with Gasteiger partial charge < -0.3 is 10.1 Å². The van der Waals surface area contributed by atoms with Crippen LogP contribution < -0.4 is 10.1 Å². The van der Waals surface area contributed by atoms with Crippen LogP contribution in [0.4, 0.5) is 10.1 Å². The van der Waals surface area contributed by atoms with E-state index in [0.29, 0.717) is 12.3 Å². The van der Waals surface area contributed by atoms with E-state index < -0.39 is 0 Å². The van der Waals surface area contributed by atoms with Crippen molar-refractivity contribution in [1.29, 1.82) is 0 Å². The quantitative estimate of drug-likeness (QED) is 0.877. The van der Waals surface area contributed by atoms with Crippen molar-refractivity contribution in [3.63, 3.8) is 0 Å². The molecule has 1 atom stereocenters. The van der Waals surface area contributed by atoms with E-state index in [1.165, 1.54) is 6.07 Å². The number of anilines is 1. The number of halogens is 2. The molecular formula is C15H13BrFNO. The Morgan fingerprint density at radius 3 is 2.89 bits per heavy atom. The van der Waals surface area contributed by atoms with Crippen LogP contribution in [0.15, 0.2) is 46.9 Å². The topological polar surface area (TPSA) is 21.3 Å². The molecule has 0 radical (unpaired) electrons. The van der Waals surface area contributed by atoms with Crippen molar-refractivity contribution < 1.29 is 9.13 Å². The first-order valence-electron chi connectivity index (χ1n) is 6.17. The van der Waals surface area contributed by atoms with Gasteiger partial charge in [0.1, 0.15) is 11.6 Å². The number of nitrogens with one attached hydrogen (secondary N) is 1. The van der Waals surface area contributed by atoms with Gasteiger partial charge >= 0.3 is 0 Å². The highest BCUT2D eigenvalue weighted by atomic mass is 79.9. The smallest absolute Gasteiger partial charge is 0.147 e. The Hall–Kier alpha value is -1.55. The predicted octanol–water partition coefficient (Wildman–Crippen LogP) is 4.52. The van der Waals surface area contributed by atoms with E-state index in [2.05, 4.69) is 21.2 Å². The monoisotopic (exact) mass is 321 g/mol. The maximum Gasteiger partial charge on any atom is 0.147 e. The minimum absolute atomic E-state index is 0.0839. The van der Waals surface area contributed by atoms with Crippen LogP contribution >= 0.6 is 15.9 Å².